The molecule has 1 aliphatic heterocycles. The summed E-state index contributed by atoms with van der Waals surface area (Å²) < 4.78 is 16.2. The second-order valence-electron chi connectivity index (χ2n) is 19.9. The van der Waals surface area contributed by atoms with E-state index in [0.29, 0.717) is 50.7 Å². The highest BCUT2D eigenvalue weighted by Gasteiger charge is 2.35. The van der Waals surface area contributed by atoms with Gasteiger partial charge < -0.3 is 44.8 Å². The summed E-state index contributed by atoms with van der Waals surface area (Å²) in [6, 6.07) is 17.3. The maximum absolute atomic E-state index is 13.0. The summed E-state index contributed by atoms with van der Waals surface area (Å²) in [4.78, 5) is 87.1. The number of hydrogen-bond acceptors (Lipinski definition) is 13. The van der Waals surface area contributed by atoms with Crippen molar-refractivity contribution in [1.29, 1.82) is 0 Å². The lowest BCUT2D eigenvalue weighted by Crippen LogP contribution is -2.57. The summed E-state index contributed by atoms with van der Waals surface area (Å²) in [7, 11) is 10.7. The Kier molecular flexibility index (Phi) is 59.3. The molecule has 0 aromatic heterocycles. The molecule has 2 aromatic rings. The third-order valence-corrected chi connectivity index (χ3v) is 12.5. The molecule has 2 aromatic carbocycles. The van der Waals surface area contributed by atoms with Gasteiger partial charge in [-0.2, -0.15) is 5.06 Å². The number of likely N-dealkylation sites (tertiary alicyclic amines) is 1. The van der Waals surface area contributed by atoms with E-state index >= 15 is 0 Å². The van der Waals surface area contributed by atoms with E-state index in [-0.39, 0.29) is 54.6 Å². The Morgan fingerprint density at radius 1 is 0.753 bits per heavy atom. The zero-order valence-corrected chi connectivity index (χ0v) is 54.6. The second-order valence-corrected chi connectivity index (χ2v) is 19.9. The Bertz CT molecular complexity index is 1800. The quantitative estimate of drug-likeness (QED) is 0.0380. The average Bonchev–Trinajstić information content (AvgIpc) is 3.92. The number of carbonyl (C=O) groups excluding carboxylic acids is 7. The second kappa shape index (κ2) is 56.7. The molecule has 0 saturated carbocycles. The summed E-state index contributed by atoms with van der Waals surface area (Å²) in [5.41, 5.74) is 3.06. The van der Waals surface area contributed by atoms with E-state index in [1.165, 1.54) is 17.0 Å². The van der Waals surface area contributed by atoms with Crippen LogP contribution < -0.4 is 16.0 Å². The van der Waals surface area contributed by atoms with Gasteiger partial charge in [0.05, 0.1) is 56.7 Å². The van der Waals surface area contributed by atoms with Crippen molar-refractivity contribution in [3.05, 3.63) is 71.3 Å². The van der Waals surface area contributed by atoms with Crippen LogP contribution in [0.15, 0.2) is 54.6 Å². The lowest BCUT2D eigenvalue weighted by Gasteiger charge is -2.39. The molecule has 3 N–H and O–H groups in total. The molecule has 8 atom stereocenters. The molecule has 470 valence electrons. The molecule has 18 nitrogen and oxygen atoms in total. The summed E-state index contributed by atoms with van der Waals surface area (Å²) in [5.74, 6) is 0.742. The Hall–Kier alpha value is -5.11. The molecule has 81 heavy (non-hydrogen) atoms. The van der Waals surface area contributed by atoms with Crippen molar-refractivity contribution in [2.24, 2.45) is 17.8 Å². The highest BCUT2D eigenvalue weighted by Crippen LogP contribution is 2.25. The van der Waals surface area contributed by atoms with E-state index in [1.54, 1.807) is 33.1 Å². The Labute approximate surface area is 492 Å². The maximum atomic E-state index is 13.0. The number of hydroxylamine groups is 2. The first-order valence-corrected chi connectivity index (χ1v) is 29.4. The molecular weight excluding hydrogens is 1030 g/mol. The number of methoxy groups -OCH3 is 2. The zero-order valence-electron chi connectivity index (χ0n) is 54.6. The van der Waals surface area contributed by atoms with E-state index in [0.717, 1.165) is 75.2 Å². The summed E-state index contributed by atoms with van der Waals surface area (Å²) in [6.07, 6.45) is 10.2. The SMILES string of the molecule is CC.CC.CC(Cc1ccccc1)NC=O.CCC.CCC(C)[C@@H](C(CC)OC)N(C)C(=O)[C@H](C)NC(=O)C(C(C)C)N(C)C.CN(CC=O)OCCOCCNC=O.COC(C(C)C)C1CCCN1C=O.Cc1ccccc1C=O. The van der Waals surface area contributed by atoms with Gasteiger partial charge in [-0.1, -0.05) is 157 Å². The lowest BCUT2D eigenvalue weighted by atomic mass is 9.91. The Balaban J connectivity index is -0.000000301. The van der Waals surface area contributed by atoms with Crippen LogP contribution in [0.5, 0.6) is 0 Å². The minimum Gasteiger partial charge on any atom is -0.379 e. The number of rotatable bonds is 30. The number of likely N-dealkylation sites (N-methyl/N-ethyl adjacent to an activating group) is 3. The fourth-order valence-electron chi connectivity index (χ4n) is 8.47. The lowest BCUT2D eigenvalue weighted by molar-refractivity contribution is -0.155. The molecule has 0 radical (unpaired) electrons. The molecule has 0 bridgehead atoms. The first-order chi connectivity index (χ1) is 38.6. The Morgan fingerprint density at radius 3 is 1.77 bits per heavy atom. The van der Waals surface area contributed by atoms with Crippen LogP contribution in [-0.4, -0.2) is 188 Å². The highest BCUT2D eigenvalue weighted by molar-refractivity contribution is 5.89. The third-order valence-electron chi connectivity index (χ3n) is 12.5. The molecular formula is C63H117N7O11. The maximum Gasteiger partial charge on any atom is 0.244 e. The van der Waals surface area contributed by atoms with E-state index in [9.17, 15) is 33.6 Å². The number of aldehydes is 2. The first kappa shape index (κ1) is 84.7. The van der Waals surface area contributed by atoms with Crippen LogP contribution in [0.4, 0.5) is 0 Å². The first-order valence-electron chi connectivity index (χ1n) is 29.4. The van der Waals surface area contributed by atoms with Gasteiger partial charge in [0.1, 0.15) is 18.6 Å². The summed E-state index contributed by atoms with van der Waals surface area (Å²) >= 11 is 0. The topological polar surface area (TPSA) is 205 Å². The minimum atomic E-state index is -0.574. The number of nitrogens with zero attached hydrogens (tertiary/aromatic N) is 4. The largest absolute Gasteiger partial charge is 0.379 e. The van der Waals surface area contributed by atoms with Crippen LogP contribution in [0.2, 0.25) is 0 Å². The predicted molar refractivity (Wildman–Crippen MR) is 332 cm³/mol. The van der Waals surface area contributed by atoms with Gasteiger partial charge in [-0.15, -0.1) is 0 Å². The van der Waals surface area contributed by atoms with Gasteiger partial charge in [-0.25, -0.2) is 0 Å². The van der Waals surface area contributed by atoms with Crippen molar-refractivity contribution < 1.29 is 52.6 Å². The Morgan fingerprint density at radius 2 is 1.33 bits per heavy atom. The molecule has 1 aliphatic rings. The van der Waals surface area contributed by atoms with Gasteiger partial charge in [0.25, 0.3) is 0 Å². The van der Waals surface area contributed by atoms with Crippen molar-refractivity contribution in [3.63, 3.8) is 0 Å². The van der Waals surface area contributed by atoms with Crippen LogP contribution in [-0.2, 0) is 54.2 Å². The third kappa shape index (κ3) is 40.7. The molecule has 1 saturated heterocycles. The van der Waals surface area contributed by atoms with E-state index in [1.807, 2.05) is 129 Å². The van der Waals surface area contributed by atoms with Crippen molar-refractivity contribution in [3.8, 4) is 0 Å². The normalized spacial score (nSPS) is 14.6. The van der Waals surface area contributed by atoms with E-state index < -0.39 is 6.04 Å². The monoisotopic (exact) mass is 1150 g/mol. The van der Waals surface area contributed by atoms with Crippen LogP contribution in [0.3, 0.4) is 0 Å². The average molecular weight is 1150 g/mol. The fourth-order valence-corrected chi connectivity index (χ4v) is 8.47. The van der Waals surface area contributed by atoms with Gasteiger partial charge in [-0.3, -0.25) is 38.5 Å². The number of hydrogen-bond donors (Lipinski definition) is 3. The van der Waals surface area contributed by atoms with Crippen LogP contribution in [0.25, 0.3) is 0 Å². The number of amides is 5. The zero-order chi connectivity index (χ0) is 63.3. The van der Waals surface area contributed by atoms with Crippen LogP contribution >= 0.6 is 0 Å². The highest BCUT2D eigenvalue weighted by atomic mass is 16.7. The molecule has 3 rings (SSSR count). The van der Waals surface area contributed by atoms with Gasteiger partial charge >= 0.3 is 0 Å². The van der Waals surface area contributed by atoms with Crippen molar-refractivity contribution >= 4 is 43.6 Å². The smallest absolute Gasteiger partial charge is 0.244 e. The van der Waals surface area contributed by atoms with Gasteiger partial charge in [0.15, 0.2) is 0 Å². The van der Waals surface area contributed by atoms with Crippen molar-refractivity contribution in [2.75, 3.05) is 81.9 Å². The van der Waals surface area contributed by atoms with Gasteiger partial charge in [0, 0.05) is 53.0 Å². The van der Waals surface area contributed by atoms with Crippen LogP contribution in [0.1, 0.15) is 157 Å². The van der Waals surface area contributed by atoms with Gasteiger partial charge in [0.2, 0.25) is 31.0 Å². The molecule has 18 heteroatoms. The minimum absolute atomic E-state index is 0.0170. The van der Waals surface area contributed by atoms with Crippen molar-refractivity contribution in [1.82, 2.24) is 35.7 Å². The summed E-state index contributed by atoms with van der Waals surface area (Å²) in [6.45, 7) is 35.4. The molecule has 0 aliphatic carbocycles. The fraction of sp³-hybridized carbons (Fsp3) is 0.698. The molecule has 6 unspecified atom stereocenters. The van der Waals surface area contributed by atoms with E-state index in [4.69, 9.17) is 19.0 Å². The standard InChI is InChI=1S/C20H41N3O3.C10H19NO2.C10H13NO.C8H16N2O4.C8H8O.C3H8.2C2H6/c1-11-14(5)18(16(12-2)26-10)23(9)20(25)15(6)21-19(24)17(13(3)4)22(7)8;1-8(2)10(13-3)9-5-4-6-11(9)7-12;1-9(11-8-12)7-10-5-3-2-4-6-10;1-10(3-4-11)14-7-6-13-5-2-9-8-12;1-7-4-2-3-5-8(7)6-9;1-3-2;2*1-2/h13-18H,11-12H2,1-10H3,(H,21,24);7-10H,4-6H2,1-3H3;2-6,8-9H,7H2,1H3,(H,11,12);4,8H,2-3,5-7H2,1H3,(H,9,12);2-6H,1H3;3H2,1-2H3;2*1-2H3/t14?,15-,16?,17?,18-;;;;;;;/m0......./s1. The number of benzene rings is 2. The molecule has 0 spiro atoms. The van der Waals surface area contributed by atoms with Crippen molar-refractivity contribution in [2.45, 2.75) is 192 Å². The summed E-state index contributed by atoms with van der Waals surface area (Å²) in [5, 5.41) is 9.51. The predicted octanol–water partition coefficient (Wildman–Crippen LogP) is 9.10. The number of aryl methyl sites for hydroxylation is 1. The van der Waals surface area contributed by atoms with E-state index in [2.05, 4.69) is 76.5 Å². The van der Waals surface area contributed by atoms with Gasteiger partial charge in [-0.05, 0) is 89.4 Å². The molecule has 1 heterocycles. The molecule has 5 amide bonds. The number of ether oxygens (including phenoxy) is 3. The number of carbonyl (C=O) groups is 7. The molecule has 1 fully saturated rings. The van der Waals surface area contributed by atoms with Crippen LogP contribution in [0, 0.1) is 24.7 Å². The number of nitrogens with one attached hydrogen (secondary N) is 3.